The molecule has 0 amide bonds. The van der Waals surface area contributed by atoms with Gasteiger partial charge in [0.25, 0.3) is 0 Å². The number of fused-ring (bicyclic) bond motifs is 1. The van der Waals surface area contributed by atoms with Gasteiger partial charge >= 0.3 is 0 Å². The van der Waals surface area contributed by atoms with Gasteiger partial charge in [-0.15, -0.1) is 0 Å². The maximum atomic E-state index is 2.48. The predicted octanol–water partition coefficient (Wildman–Crippen LogP) is 2.13. The summed E-state index contributed by atoms with van der Waals surface area (Å²) in [6, 6.07) is 0. The number of likely N-dealkylation sites (tertiary alicyclic amines) is 1. The van der Waals surface area contributed by atoms with Crippen molar-refractivity contribution in [1.82, 2.24) is 0 Å². The van der Waals surface area contributed by atoms with Crippen LogP contribution in [0.5, 0.6) is 0 Å². The van der Waals surface area contributed by atoms with Gasteiger partial charge < -0.3 is 8.97 Å². The van der Waals surface area contributed by atoms with E-state index in [2.05, 4.69) is 41.2 Å². The van der Waals surface area contributed by atoms with Crippen LogP contribution < -0.4 is 0 Å². The molecule has 1 unspecified atom stereocenters. The van der Waals surface area contributed by atoms with Gasteiger partial charge in [-0.1, -0.05) is 11.6 Å². The molecule has 1 saturated heterocycles. The third-order valence-electron chi connectivity index (χ3n) is 4.68. The Morgan fingerprint density at radius 2 is 1.88 bits per heavy atom. The molecule has 0 saturated carbocycles. The van der Waals surface area contributed by atoms with E-state index in [4.69, 9.17) is 0 Å². The van der Waals surface area contributed by atoms with E-state index in [1.165, 1.54) is 43.5 Å². The molecule has 0 aromatic rings. The summed E-state index contributed by atoms with van der Waals surface area (Å²) in [7, 11) is 9.40. The van der Waals surface area contributed by atoms with Crippen molar-refractivity contribution in [2.75, 3.05) is 54.4 Å². The largest absolute Gasteiger partial charge is 0.326 e. The molecule has 2 rings (SSSR count). The van der Waals surface area contributed by atoms with Crippen LogP contribution in [0, 0.1) is 11.8 Å². The molecule has 3 atom stereocenters. The van der Waals surface area contributed by atoms with Gasteiger partial charge in [-0.05, 0) is 19.8 Å². The van der Waals surface area contributed by atoms with Crippen molar-refractivity contribution >= 4 is 0 Å². The topological polar surface area (TPSA) is 0 Å². The second-order valence-electron chi connectivity index (χ2n) is 7.73. The Labute approximate surface area is 107 Å². The SMILES string of the molecule is CC1=CC[C@H]2C[N+](C)(CC[N+](C)(C)C)C[C@@H]2C1. The van der Waals surface area contributed by atoms with Crippen molar-refractivity contribution in [2.24, 2.45) is 11.8 Å². The molecular weight excluding hydrogens is 208 g/mol. The van der Waals surface area contributed by atoms with Crippen LogP contribution in [0.25, 0.3) is 0 Å². The lowest BCUT2D eigenvalue weighted by Crippen LogP contribution is -2.50. The molecule has 0 aromatic heterocycles. The average molecular weight is 238 g/mol. The normalized spacial score (nSPS) is 37.8. The molecule has 0 spiro atoms. The molecule has 1 aliphatic heterocycles. The van der Waals surface area contributed by atoms with Crippen LogP contribution in [-0.4, -0.2) is 63.3 Å². The van der Waals surface area contributed by atoms with Crippen LogP contribution in [0.4, 0.5) is 0 Å². The maximum absolute atomic E-state index is 2.48. The minimum Gasteiger partial charge on any atom is -0.326 e. The van der Waals surface area contributed by atoms with E-state index >= 15 is 0 Å². The van der Waals surface area contributed by atoms with Crippen molar-refractivity contribution in [3.63, 3.8) is 0 Å². The van der Waals surface area contributed by atoms with Gasteiger partial charge in [0.2, 0.25) is 0 Å². The van der Waals surface area contributed by atoms with Crippen molar-refractivity contribution < 1.29 is 8.97 Å². The molecule has 2 heteroatoms. The Bertz CT molecular complexity index is 313. The minimum atomic E-state index is 0.969. The van der Waals surface area contributed by atoms with E-state index in [0.29, 0.717) is 0 Å². The fourth-order valence-electron chi connectivity index (χ4n) is 3.58. The fourth-order valence-corrected chi connectivity index (χ4v) is 3.58. The quantitative estimate of drug-likeness (QED) is 0.522. The first-order chi connectivity index (χ1) is 7.77. The van der Waals surface area contributed by atoms with E-state index in [0.717, 1.165) is 16.3 Å². The molecule has 1 fully saturated rings. The Morgan fingerprint density at radius 3 is 2.53 bits per heavy atom. The number of likely N-dealkylation sites (N-methyl/N-ethyl adjacent to an activating group) is 2. The second-order valence-corrected chi connectivity index (χ2v) is 7.73. The molecule has 1 aliphatic carbocycles. The van der Waals surface area contributed by atoms with Crippen LogP contribution in [0.15, 0.2) is 11.6 Å². The number of rotatable bonds is 3. The lowest BCUT2D eigenvalue weighted by Gasteiger charge is -2.33. The van der Waals surface area contributed by atoms with Gasteiger partial charge in [0, 0.05) is 11.8 Å². The van der Waals surface area contributed by atoms with E-state index < -0.39 is 0 Å². The highest BCUT2D eigenvalue weighted by Crippen LogP contribution is 2.38. The predicted molar refractivity (Wildman–Crippen MR) is 73.7 cm³/mol. The summed E-state index contributed by atoms with van der Waals surface area (Å²) in [6.45, 7) is 7.77. The van der Waals surface area contributed by atoms with Crippen molar-refractivity contribution in [1.29, 1.82) is 0 Å². The first-order valence-electron chi connectivity index (χ1n) is 7.07. The zero-order chi connectivity index (χ0) is 12.7. The summed E-state index contributed by atoms with van der Waals surface area (Å²) < 4.78 is 2.41. The summed E-state index contributed by atoms with van der Waals surface area (Å²) in [5.41, 5.74) is 1.63. The van der Waals surface area contributed by atoms with Gasteiger partial charge in [-0.3, -0.25) is 0 Å². The number of nitrogens with zero attached hydrogens (tertiary/aromatic N) is 2. The number of quaternary nitrogens is 2. The molecule has 2 aliphatic rings. The van der Waals surface area contributed by atoms with E-state index in [1.54, 1.807) is 5.57 Å². The molecule has 0 N–H and O–H groups in total. The van der Waals surface area contributed by atoms with Crippen LogP contribution in [0.2, 0.25) is 0 Å². The van der Waals surface area contributed by atoms with E-state index in [9.17, 15) is 0 Å². The monoisotopic (exact) mass is 238 g/mol. The standard InChI is InChI=1S/C15H30N2/c1-13-6-7-14-11-17(5,12-15(14)10-13)9-8-16(2,3)4/h6,14-15H,7-12H2,1-5H3/q+2/t14-,15-,17?/m0/s1. The highest BCUT2D eigenvalue weighted by atomic mass is 15.4. The smallest absolute Gasteiger partial charge is 0.128 e. The Morgan fingerprint density at radius 1 is 1.24 bits per heavy atom. The highest BCUT2D eigenvalue weighted by molar-refractivity contribution is 5.06. The lowest BCUT2D eigenvalue weighted by molar-refractivity contribution is -0.943. The summed E-state index contributed by atoms with van der Waals surface area (Å²) in [4.78, 5) is 0. The molecule has 0 aromatic carbocycles. The van der Waals surface area contributed by atoms with E-state index in [-0.39, 0.29) is 0 Å². The zero-order valence-electron chi connectivity index (χ0n) is 12.4. The summed E-state index contributed by atoms with van der Waals surface area (Å²) in [6.07, 6.45) is 5.19. The number of allylic oxidation sites excluding steroid dienone is 2. The van der Waals surface area contributed by atoms with E-state index in [1.807, 2.05) is 0 Å². The molecule has 0 bridgehead atoms. The Kier molecular flexibility index (Phi) is 3.39. The summed E-state index contributed by atoms with van der Waals surface area (Å²) >= 11 is 0. The Balaban J connectivity index is 1.93. The highest BCUT2D eigenvalue weighted by Gasteiger charge is 2.43. The minimum absolute atomic E-state index is 0.969. The van der Waals surface area contributed by atoms with Crippen LogP contribution in [0.3, 0.4) is 0 Å². The van der Waals surface area contributed by atoms with Gasteiger partial charge in [0.05, 0.1) is 41.3 Å². The molecule has 17 heavy (non-hydrogen) atoms. The molecule has 98 valence electrons. The van der Waals surface area contributed by atoms with Crippen LogP contribution >= 0.6 is 0 Å². The Hall–Kier alpha value is -0.340. The summed E-state index contributed by atoms with van der Waals surface area (Å²) in [5.74, 6) is 1.94. The first-order valence-corrected chi connectivity index (χ1v) is 7.07. The number of hydrogen-bond acceptors (Lipinski definition) is 0. The van der Waals surface area contributed by atoms with Gasteiger partial charge in [-0.25, -0.2) is 0 Å². The van der Waals surface area contributed by atoms with Gasteiger partial charge in [0.15, 0.2) is 0 Å². The molecular formula is C15H30N2+2. The molecule has 1 heterocycles. The maximum Gasteiger partial charge on any atom is 0.128 e. The van der Waals surface area contributed by atoms with Crippen molar-refractivity contribution in [3.8, 4) is 0 Å². The number of hydrogen-bond donors (Lipinski definition) is 0. The molecule has 2 nitrogen and oxygen atoms in total. The van der Waals surface area contributed by atoms with Gasteiger partial charge in [0.1, 0.15) is 13.1 Å². The van der Waals surface area contributed by atoms with Gasteiger partial charge in [-0.2, -0.15) is 0 Å². The average Bonchev–Trinajstić information content (AvgIpc) is 2.51. The summed E-state index contributed by atoms with van der Waals surface area (Å²) in [5, 5.41) is 0. The molecule has 0 radical (unpaired) electrons. The second kappa shape index (κ2) is 4.40. The van der Waals surface area contributed by atoms with Crippen LogP contribution in [0.1, 0.15) is 19.8 Å². The first kappa shape index (κ1) is 13.1. The lowest BCUT2D eigenvalue weighted by atomic mass is 9.83. The van der Waals surface area contributed by atoms with Crippen molar-refractivity contribution in [3.05, 3.63) is 11.6 Å². The zero-order valence-corrected chi connectivity index (χ0v) is 12.4. The van der Waals surface area contributed by atoms with Crippen LogP contribution in [-0.2, 0) is 0 Å². The third-order valence-corrected chi connectivity index (χ3v) is 4.68. The fraction of sp³-hybridized carbons (Fsp3) is 0.867. The third kappa shape index (κ3) is 3.32. The van der Waals surface area contributed by atoms with Crippen molar-refractivity contribution in [2.45, 2.75) is 19.8 Å².